The lowest BCUT2D eigenvalue weighted by Gasteiger charge is -2.38. The summed E-state index contributed by atoms with van der Waals surface area (Å²) < 4.78 is 0. The Morgan fingerprint density at radius 1 is 1.47 bits per heavy atom. The van der Waals surface area contributed by atoms with Gasteiger partial charge in [0.25, 0.3) is 5.91 Å². The zero-order valence-electron chi connectivity index (χ0n) is 10.8. The van der Waals surface area contributed by atoms with Crippen LogP contribution in [0.2, 0.25) is 0 Å². The van der Waals surface area contributed by atoms with Crippen LogP contribution >= 0.6 is 11.3 Å². The molecule has 4 heteroatoms. The predicted molar refractivity (Wildman–Crippen MR) is 70.2 cm³/mol. The Hall–Kier alpha value is -0.900. The molecule has 0 aliphatic heterocycles. The molecule has 0 radical (unpaired) electrons. The number of carbonyl (C=O) groups is 1. The summed E-state index contributed by atoms with van der Waals surface area (Å²) in [6.45, 7) is 4.62. The van der Waals surface area contributed by atoms with Gasteiger partial charge < -0.3 is 4.90 Å². The third kappa shape index (κ3) is 2.86. The quantitative estimate of drug-likeness (QED) is 0.810. The number of carbonyl (C=O) groups excluding carboxylic acids is 1. The van der Waals surface area contributed by atoms with Crippen LogP contribution in [0.4, 0.5) is 0 Å². The Labute approximate surface area is 107 Å². The van der Waals surface area contributed by atoms with Gasteiger partial charge in [0.15, 0.2) is 0 Å². The van der Waals surface area contributed by atoms with Gasteiger partial charge in [-0.05, 0) is 31.1 Å². The van der Waals surface area contributed by atoms with Gasteiger partial charge in [-0.3, -0.25) is 4.79 Å². The fourth-order valence-electron chi connectivity index (χ4n) is 2.44. The first kappa shape index (κ1) is 12.6. The highest BCUT2D eigenvalue weighted by Crippen LogP contribution is 2.36. The molecule has 1 amide bonds. The first-order valence-electron chi connectivity index (χ1n) is 6.15. The van der Waals surface area contributed by atoms with Crippen molar-refractivity contribution in [2.45, 2.75) is 45.6 Å². The van der Waals surface area contributed by atoms with Gasteiger partial charge in [-0.15, -0.1) is 11.3 Å². The number of thiazole rings is 1. The van der Waals surface area contributed by atoms with Crippen molar-refractivity contribution in [2.24, 2.45) is 5.41 Å². The zero-order valence-corrected chi connectivity index (χ0v) is 11.6. The second kappa shape index (κ2) is 4.77. The molecule has 0 unspecified atom stereocenters. The highest BCUT2D eigenvalue weighted by atomic mass is 32.1. The Morgan fingerprint density at radius 3 is 2.65 bits per heavy atom. The van der Waals surface area contributed by atoms with Gasteiger partial charge in [-0.25, -0.2) is 4.98 Å². The lowest BCUT2D eigenvalue weighted by Crippen LogP contribution is -2.40. The molecule has 1 aromatic rings. The highest BCUT2D eigenvalue weighted by Gasteiger charge is 2.31. The van der Waals surface area contributed by atoms with E-state index in [4.69, 9.17) is 0 Å². The average molecular weight is 252 g/mol. The monoisotopic (exact) mass is 252 g/mol. The number of aromatic nitrogens is 1. The lowest BCUT2D eigenvalue weighted by molar-refractivity contribution is 0.0630. The molecule has 1 aromatic heterocycles. The Balaban J connectivity index is 1.97. The lowest BCUT2D eigenvalue weighted by atomic mass is 9.75. The SMILES string of the molecule is CN(C(=O)c1cscn1)C1CCC(C)(C)CC1. The summed E-state index contributed by atoms with van der Waals surface area (Å²) in [5, 5.41) is 1.82. The van der Waals surface area contributed by atoms with Crippen LogP contribution in [0.1, 0.15) is 50.0 Å². The molecule has 1 aliphatic rings. The maximum atomic E-state index is 12.1. The first-order chi connectivity index (χ1) is 7.99. The molecule has 1 aliphatic carbocycles. The predicted octanol–water partition coefficient (Wildman–Crippen LogP) is 3.18. The number of amides is 1. The minimum Gasteiger partial charge on any atom is -0.337 e. The topological polar surface area (TPSA) is 33.2 Å². The molecule has 17 heavy (non-hydrogen) atoms. The Kier molecular flexibility index (Phi) is 3.52. The third-order valence-electron chi connectivity index (χ3n) is 3.83. The van der Waals surface area contributed by atoms with Crippen LogP contribution in [0.5, 0.6) is 0 Å². The van der Waals surface area contributed by atoms with E-state index >= 15 is 0 Å². The van der Waals surface area contributed by atoms with E-state index in [1.54, 1.807) is 5.51 Å². The Bertz CT molecular complexity index is 376. The summed E-state index contributed by atoms with van der Waals surface area (Å²) in [6.07, 6.45) is 4.62. The highest BCUT2D eigenvalue weighted by molar-refractivity contribution is 7.07. The molecule has 0 spiro atoms. The van der Waals surface area contributed by atoms with Gasteiger partial charge in [0.05, 0.1) is 5.51 Å². The van der Waals surface area contributed by atoms with E-state index in [1.165, 1.54) is 24.2 Å². The van der Waals surface area contributed by atoms with Crippen LogP contribution < -0.4 is 0 Å². The minimum atomic E-state index is 0.0657. The van der Waals surface area contributed by atoms with Gasteiger partial charge in [0.1, 0.15) is 5.69 Å². The van der Waals surface area contributed by atoms with E-state index in [0.717, 1.165) is 12.8 Å². The van der Waals surface area contributed by atoms with Gasteiger partial charge in [-0.2, -0.15) is 0 Å². The fraction of sp³-hybridized carbons (Fsp3) is 0.692. The average Bonchev–Trinajstić information content (AvgIpc) is 2.80. The van der Waals surface area contributed by atoms with Crippen molar-refractivity contribution in [3.05, 3.63) is 16.6 Å². The van der Waals surface area contributed by atoms with E-state index in [-0.39, 0.29) is 5.91 Å². The Morgan fingerprint density at radius 2 is 2.12 bits per heavy atom. The second-order valence-electron chi connectivity index (χ2n) is 5.69. The maximum Gasteiger partial charge on any atom is 0.273 e. The summed E-state index contributed by atoms with van der Waals surface area (Å²) >= 11 is 1.47. The van der Waals surface area contributed by atoms with E-state index in [9.17, 15) is 4.79 Å². The summed E-state index contributed by atoms with van der Waals surface area (Å²) in [4.78, 5) is 18.1. The number of hydrogen-bond acceptors (Lipinski definition) is 3. The van der Waals surface area contributed by atoms with Gasteiger partial charge in [-0.1, -0.05) is 13.8 Å². The van der Waals surface area contributed by atoms with E-state index in [1.807, 2.05) is 17.3 Å². The maximum absolute atomic E-state index is 12.1. The van der Waals surface area contributed by atoms with Crippen molar-refractivity contribution in [2.75, 3.05) is 7.05 Å². The molecule has 1 fully saturated rings. The molecule has 0 saturated heterocycles. The van der Waals surface area contributed by atoms with E-state index < -0.39 is 0 Å². The van der Waals surface area contributed by atoms with Crippen LogP contribution in [0, 0.1) is 5.41 Å². The van der Waals surface area contributed by atoms with Gasteiger partial charge >= 0.3 is 0 Å². The molecular formula is C13H20N2OS. The standard InChI is InChI=1S/C13H20N2OS/c1-13(2)6-4-10(5-7-13)15(3)12(16)11-8-17-9-14-11/h8-10H,4-7H2,1-3H3. The second-order valence-corrected chi connectivity index (χ2v) is 6.40. The molecule has 2 rings (SSSR count). The number of rotatable bonds is 2. The summed E-state index contributed by atoms with van der Waals surface area (Å²) in [7, 11) is 1.91. The van der Waals surface area contributed by atoms with E-state index in [0.29, 0.717) is 17.2 Å². The first-order valence-corrected chi connectivity index (χ1v) is 7.09. The molecule has 3 nitrogen and oxygen atoms in total. The van der Waals surface area contributed by atoms with Crippen molar-refractivity contribution >= 4 is 17.2 Å². The summed E-state index contributed by atoms with van der Waals surface area (Å²) in [5.74, 6) is 0.0657. The van der Waals surface area contributed by atoms with Crippen molar-refractivity contribution in [3.63, 3.8) is 0 Å². The van der Waals surface area contributed by atoms with Crippen LogP contribution in [-0.2, 0) is 0 Å². The zero-order chi connectivity index (χ0) is 12.5. The van der Waals surface area contributed by atoms with Crippen molar-refractivity contribution in [3.8, 4) is 0 Å². The summed E-state index contributed by atoms with van der Waals surface area (Å²) in [5.41, 5.74) is 2.74. The van der Waals surface area contributed by atoms with Crippen molar-refractivity contribution in [1.29, 1.82) is 0 Å². The van der Waals surface area contributed by atoms with E-state index in [2.05, 4.69) is 18.8 Å². The number of hydrogen-bond donors (Lipinski definition) is 0. The third-order valence-corrected chi connectivity index (χ3v) is 4.41. The van der Waals surface area contributed by atoms with Crippen LogP contribution in [0.15, 0.2) is 10.9 Å². The molecule has 0 N–H and O–H groups in total. The molecule has 1 saturated carbocycles. The van der Waals surface area contributed by atoms with Crippen LogP contribution in [0.3, 0.4) is 0 Å². The molecule has 1 heterocycles. The summed E-state index contributed by atoms with van der Waals surface area (Å²) in [6, 6.07) is 0.386. The van der Waals surface area contributed by atoms with Crippen molar-refractivity contribution < 1.29 is 4.79 Å². The fourth-order valence-corrected chi connectivity index (χ4v) is 2.96. The minimum absolute atomic E-state index is 0.0657. The van der Waals surface area contributed by atoms with Crippen LogP contribution in [0.25, 0.3) is 0 Å². The van der Waals surface area contributed by atoms with Crippen LogP contribution in [-0.4, -0.2) is 28.9 Å². The molecule has 94 valence electrons. The smallest absolute Gasteiger partial charge is 0.273 e. The molecule has 0 atom stereocenters. The largest absolute Gasteiger partial charge is 0.337 e. The van der Waals surface area contributed by atoms with Gasteiger partial charge in [0, 0.05) is 18.5 Å². The van der Waals surface area contributed by atoms with Crippen molar-refractivity contribution in [1.82, 2.24) is 9.88 Å². The molecule has 0 bridgehead atoms. The normalized spacial score (nSPS) is 20.2. The van der Waals surface area contributed by atoms with Gasteiger partial charge in [0.2, 0.25) is 0 Å². The molecule has 0 aromatic carbocycles. The number of nitrogens with zero attached hydrogens (tertiary/aromatic N) is 2. The molecular weight excluding hydrogens is 232 g/mol.